The summed E-state index contributed by atoms with van der Waals surface area (Å²) >= 11 is 0. The summed E-state index contributed by atoms with van der Waals surface area (Å²) in [6.07, 6.45) is 0.940. The van der Waals surface area contributed by atoms with Crippen LogP contribution in [0, 0.1) is 5.82 Å². The zero-order chi connectivity index (χ0) is 9.26. The van der Waals surface area contributed by atoms with Crippen molar-refractivity contribution in [3.8, 4) is 5.75 Å². The van der Waals surface area contributed by atoms with E-state index in [-0.39, 0.29) is 18.2 Å². The van der Waals surface area contributed by atoms with Crippen molar-refractivity contribution in [2.45, 2.75) is 12.5 Å². The van der Waals surface area contributed by atoms with Crippen LogP contribution in [0.4, 0.5) is 4.39 Å². The summed E-state index contributed by atoms with van der Waals surface area (Å²) in [7, 11) is 1.91. The summed E-state index contributed by atoms with van der Waals surface area (Å²) in [4.78, 5) is 0. The Hall–Kier alpha value is -0.800. The molecule has 1 heterocycles. The molecule has 1 aliphatic heterocycles. The second-order valence-electron chi connectivity index (χ2n) is 3.16. The third-order valence-corrected chi connectivity index (χ3v) is 2.36. The average molecular weight is 218 g/mol. The first-order chi connectivity index (χ1) is 6.31. The third-order valence-electron chi connectivity index (χ3n) is 2.36. The van der Waals surface area contributed by atoms with Gasteiger partial charge in [-0.15, -0.1) is 12.4 Å². The molecule has 0 aliphatic carbocycles. The van der Waals surface area contributed by atoms with Crippen LogP contribution in [0.1, 0.15) is 18.0 Å². The van der Waals surface area contributed by atoms with Gasteiger partial charge in [0, 0.05) is 24.1 Å². The van der Waals surface area contributed by atoms with Gasteiger partial charge < -0.3 is 10.1 Å². The van der Waals surface area contributed by atoms with E-state index in [0.717, 1.165) is 12.0 Å². The number of nitrogens with one attached hydrogen (secondary N) is 1. The molecule has 78 valence electrons. The van der Waals surface area contributed by atoms with Crippen LogP contribution in [0.15, 0.2) is 18.2 Å². The van der Waals surface area contributed by atoms with E-state index in [2.05, 4.69) is 5.32 Å². The van der Waals surface area contributed by atoms with Gasteiger partial charge in [-0.3, -0.25) is 0 Å². The van der Waals surface area contributed by atoms with E-state index in [1.54, 1.807) is 6.07 Å². The van der Waals surface area contributed by atoms with E-state index in [1.165, 1.54) is 12.1 Å². The summed E-state index contributed by atoms with van der Waals surface area (Å²) in [6.45, 7) is 0.655. The maximum absolute atomic E-state index is 12.8. The van der Waals surface area contributed by atoms with Crippen molar-refractivity contribution in [2.24, 2.45) is 0 Å². The van der Waals surface area contributed by atoms with Crippen LogP contribution in [0.5, 0.6) is 5.75 Å². The number of halogens is 2. The lowest BCUT2D eigenvalue weighted by Gasteiger charge is -2.25. The molecule has 0 radical (unpaired) electrons. The Labute approximate surface area is 88.9 Å². The fourth-order valence-corrected chi connectivity index (χ4v) is 1.66. The van der Waals surface area contributed by atoms with Gasteiger partial charge in [0.15, 0.2) is 0 Å². The highest BCUT2D eigenvalue weighted by molar-refractivity contribution is 5.85. The molecule has 0 fully saturated rings. The van der Waals surface area contributed by atoms with Gasteiger partial charge in [-0.05, 0) is 13.1 Å². The SMILES string of the molecule is CNC1CCOc2cc(F)ccc21.Cl. The Kier molecular flexibility index (Phi) is 3.72. The Balaban J connectivity index is 0.000000980. The Morgan fingerprint density at radius 2 is 2.29 bits per heavy atom. The van der Waals surface area contributed by atoms with Gasteiger partial charge >= 0.3 is 0 Å². The number of hydrogen-bond acceptors (Lipinski definition) is 2. The molecule has 2 nitrogen and oxygen atoms in total. The zero-order valence-corrected chi connectivity index (χ0v) is 8.73. The Morgan fingerprint density at radius 1 is 1.50 bits per heavy atom. The summed E-state index contributed by atoms with van der Waals surface area (Å²) in [5, 5.41) is 3.18. The monoisotopic (exact) mass is 217 g/mol. The molecule has 0 saturated heterocycles. The highest BCUT2D eigenvalue weighted by Gasteiger charge is 2.19. The van der Waals surface area contributed by atoms with Crippen LogP contribution in [0.3, 0.4) is 0 Å². The minimum atomic E-state index is -0.240. The summed E-state index contributed by atoms with van der Waals surface area (Å²) in [5.41, 5.74) is 1.05. The Bertz CT molecular complexity index is 319. The van der Waals surface area contributed by atoms with Crippen molar-refractivity contribution in [3.05, 3.63) is 29.6 Å². The van der Waals surface area contributed by atoms with Crippen molar-refractivity contribution in [1.29, 1.82) is 0 Å². The minimum Gasteiger partial charge on any atom is -0.493 e. The molecular formula is C10H13ClFNO. The summed E-state index contributed by atoms with van der Waals surface area (Å²) < 4.78 is 18.2. The highest BCUT2D eigenvalue weighted by Crippen LogP contribution is 2.31. The molecule has 1 aromatic carbocycles. The number of rotatable bonds is 1. The average Bonchev–Trinajstić information content (AvgIpc) is 2.16. The molecule has 0 saturated carbocycles. The minimum absolute atomic E-state index is 0. The van der Waals surface area contributed by atoms with Crippen LogP contribution < -0.4 is 10.1 Å². The number of ether oxygens (including phenoxy) is 1. The summed E-state index contributed by atoms with van der Waals surface area (Å²) in [5.74, 6) is 0.432. The van der Waals surface area contributed by atoms with Gasteiger partial charge in [-0.1, -0.05) is 6.07 Å². The van der Waals surface area contributed by atoms with E-state index in [4.69, 9.17) is 4.74 Å². The second kappa shape index (κ2) is 4.62. The van der Waals surface area contributed by atoms with Gasteiger partial charge in [0.05, 0.1) is 6.61 Å². The quantitative estimate of drug-likeness (QED) is 0.780. The molecule has 0 aromatic heterocycles. The fraction of sp³-hybridized carbons (Fsp3) is 0.400. The van der Waals surface area contributed by atoms with E-state index in [1.807, 2.05) is 7.05 Å². The molecule has 1 atom stereocenters. The predicted octanol–water partition coefficient (Wildman–Crippen LogP) is 2.29. The lowest BCUT2D eigenvalue weighted by atomic mass is 10.0. The third kappa shape index (κ3) is 1.99. The topological polar surface area (TPSA) is 21.3 Å². The van der Waals surface area contributed by atoms with Crippen LogP contribution in [0.25, 0.3) is 0 Å². The molecule has 1 aromatic rings. The molecule has 2 rings (SSSR count). The first-order valence-electron chi connectivity index (χ1n) is 4.41. The fourth-order valence-electron chi connectivity index (χ4n) is 1.66. The van der Waals surface area contributed by atoms with Crippen molar-refractivity contribution in [1.82, 2.24) is 5.32 Å². The zero-order valence-electron chi connectivity index (χ0n) is 7.92. The van der Waals surface area contributed by atoms with Crippen LogP contribution in [-0.4, -0.2) is 13.7 Å². The van der Waals surface area contributed by atoms with Gasteiger partial charge in [-0.25, -0.2) is 4.39 Å². The molecule has 0 bridgehead atoms. The van der Waals surface area contributed by atoms with Crippen molar-refractivity contribution in [3.63, 3.8) is 0 Å². The van der Waals surface area contributed by atoms with Crippen molar-refractivity contribution >= 4 is 12.4 Å². The van der Waals surface area contributed by atoms with E-state index in [9.17, 15) is 4.39 Å². The van der Waals surface area contributed by atoms with Crippen LogP contribution in [0.2, 0.25) is 0 Å². The first-order valence-corrected chi connectivity index (χ1v) is 4.41. The largest absolute Gasteiger partial charge is 0.493 e. The first kappa shape index (κ1) is 11.3. The normalized spacial score (nSPS) is 19.1. The van der Waals surface area contributed by atoms with Crippen LogP contribution >= 0.6 is 12.4 Å². The van der Waals surface area contributed by atoms with Gasteiger partial charge in [0.1, 0.15) is 11.6 Å². The Morgan fingerprint density at radius 3 is 3.00 bits per heavy atom. The maximum atomic E-state index is 12.8. The molecule has 1 N–H and O–H groups in total. The molecule has 4 heteroatoms. The van der Waals surface area contributed by atoms with E-state index < -0.39 is 0 Å². The van der Waals surface area contributed by atoms with E-state index >= 15 is 0 Å². The number of fused-ring (bicyclic) bond motifs is 1. The number of benzene rings is 1. The maximum Gasteiger partial charge on any atom is 0.126 e. The van der Waals surface area contributed by atoms with E-state index in [0.29, 0.717) is 18.4 Å². The van der Waals surface area contributed by atoms with Crippen molar-refractivity contribution in [2.75, 3.05) is 13.7 Å². The molecule has 1 unspecified atom stereocenters. The smallest absolute Gasteiger partial charge is 0.126 e. The molecule has 14 heavy (non-hydrogen) atoms. The molecule has 1 aliphatic rings. The predicted molar refractivity (Wildman–Crippen MR) is 55.6 cm³/mol. The lowest BCUT2D eigenvalue weighted by Crippen LogP contribution is -2.23. The lowest BCUT2D eigenvalue weighted by molar-refractivity contribution is 0.256. The molecular weight excluding hydrogens is 205 g/mol. The van der Waals surface area contributed by atoms with Crippen LogP contribution in [-0.2, 0) is 0 Å². The summed E-state index contributed by atoms with van der Waals surface area (Å²) in [6, 6.07) is 4.99. The van der Waals surface area contributed by atoms with Crippen molar-refractivity contribution < 1.29 is 9.13 Å². The van der Waals surface area contributed by atoms with Gasteiger partial charge in [0.2, 0.25) is 0 Å². The van der Waals surface area contributed by atoms with Gasteiger partial charge in [0.25, 0.3) is 0 Å². The molecule has 0 amide bonds. The second-order valence-corrected chi connectivity index (χ2v) is 3.16. The standard InChI is InChI=1S/C10H12FNO.ClH/c1-12-9-4-5-13-10-6-7(11)2-3-8(9)10;/h2-3,6,9,12H,4-5H2,1H3;1H. The van der Waals surface area contributed by atoms with Gasteiger partial charge in [-0.2, -0.15) is 0 Å². The number of hydrogen-bond donors (Lipinski definition) is 1. The molecule has 0 spiro atoms. The highest BCUT2D eigenvalue weighted by atomic mass is 35.5.